The van der Waals surface area contributed by atoms with E-state index in [2.05, 4.69) is 21.1 Å². The predicted octanol–water partition coefficient (Wildman–Crippen LogP) is 0.155. The Hall–Kier alpha value is -1.14. The Morgan fingerprint density at radius 1 is 1.00 bits per heavy atom. The molecule has 41 heavy (non-hydrogen) atoms. The van der Waals surface area contributed by atoms with Crippen molar-refractivity contribution in [2.24, 2.45) is 5.73 Å². The van der Waals surface area contributed by atoms with Crippen molar-refractivity contribution in [1.29, 1.82) is 0 Å². The first-order chi connectivity index (χ1) is 19.1. The molecular formula is C30H56N3NaO7. The zero-order chi connectivity index (χ0) is 30.3. The van der Waals surface area contributed by atoms with Gasteiger partial charge in [-0.25, -0.2) is 4.79 Å². The molecule has 0 aromatic carbocycles. The number of carbonyl (C=O) groups excluding carboxylic acids is 4. The standard InChI is InChI=1S/C12H21NO3.C8H13NO.C5H8O2.C3H7N.C2H6O.Na.H/c1-3-16-12(15)7-9-13(11-4-5-11)8-6-10(2)14;10-8-3-5-9(6-4-8)7-1-2-7;1-3-5(6)7-4-2;4-3-1-2-3;1-2-3;;/h11H,3-9H2,1-2H3;7H,1-6H2;3H,1,4H2,2H3;3H,1-2,4H2;3H,2H2,1H3;;/q;;;;;+1;-1. The first kappa shape index (κ1) is 42.0. The van der Waals surface area contributed by atoms with Crippen molar-refractivity contribution in [3.63, 3.8) is 0 Å². The number of ether oxygens (including phenoxy) is 2. The fourth-order valence-corrected chi connectivity index (χ4v) is 3.56. The number of rotatable bonds is 11. The Morgan fingerprint density at radius 2 is 1.49 bits per heavy atom. The van der Waals surface area contributed by atoms with E-state index in [1.807, 2.05) is 6.92 Å². The number of aliphatic hydroxyl groups excluding tert-OH is 1. The molecule has 0 atom stereocenters. The second-order valence-corrected chi connectivity index (χ2v) is 10.2. The van der Waals surface area contributed by atoms with Crippen molar-refractivity contribution in [2.45, 2.75) is 110 Å². The third kappa shape index (κ3) is 27.4. The monoisotopic (exact) mass is 593 g/mol. The second kappa shape index (κ2) is 26.5. The Labute approximate surface area is 271 Å². The van der Waals surface area contributed by atoms with Crippen LogP contribution in [0.4, 0.5) is 0 Å². The zero-order valence-corrected chi connectivity index (χ0v) is 28.4. The van der Waals surface area contributed by atoms with E-state index in [-0.39, 0.29) is 55.3 Å². The van der Waals surface area contributed by atoms with Gasteiger partial charge in [0.05, 0.1) is 19.6 Å². The third-order valence-corrected chi connectivity index (χ3v) is 6.22. The molecule has 1 saturated heterocycles. The van der Waals surface area contributed by atoms with Crippen LogP contribution >= 0.6 is 0 Å². The van der Waals surface area contributed by atoms with Crippen LogP contribution in [0.15, 0.2) is 12.7 Å². The van der Waals surface area contributed by atoms with E-state index < -0.39 is 0 Å². The summed E-state index contributed by atoms with van der Waals surface area (Å²) >= 11 is 0. The van der Waals surface area contributed by atoms with Gasteiger partial charge in [0.25, 0.3) is 0 Å². The fraction of sp³-hybridized carbons (Fsp3) is 0.800. The van der Waals surface area contributed by atoms with Gasteiger partial charge in [0.2, 0.25) is 0 Å². The molecular weight excluding hydrogens is 537 g/mol. The van der Waals surface area contributed by atoms with Crippen LogP contribution < -0.4 is 35.3 Å². The predicted molar refractivity (Wildman–Crippen MR) is 158 cm³/mol. The van der Waals surface area contributed by atoms with Crippen LogP contribution in [0.5, 0.6) is 0 Å². The molecule has 1 aliphatic heterocycles. The molecule has 3 saturated carbocycles. The second-order valence-electron chi connectivity index (χ2n) is 10.2. The van der Waals surface area contributed by atoms with Crippen molar-refractivity contribution in [2.75, 3.05) is 46.0 Å². The summed E-state index contributed by atoms with van der Waals surface area (Å²) in [5, 5.41) is 7.57. The summed E-state index contributed by atoms with van der Waals surface area (Å²) < 4.78 is 9.32. The minimum Gasteiger partial charge on any atom is -1.00 e. The number of carbonyl (C=O) groups is 4. The van der Waals surface area contributed by atoms with Crippen LogP contribution in [0.25, 0.3) is 0 Å². The number of nitrogens with zero attached hydrogens (tertiary/aromatic N) is 2. The van der Waals surface area contributed by atoms with E-state index in [1.165, 1.54) is 38.5 Å². The minimum absolute atomic E-state index is 0. The average Bonchev–Trinajstić information content (AvgIpc) is 3.75. The number of hydrogen-bond donors (Lipinski definition) is 2. The van der Waals surface area contributed by atoms with Gasteiger partial charge in [-0.1, -0.05) is 6.58 Å². The van der Waals surface area contributed by atoms with Gasteiger partial charge in [-0.3, -0.25) is 24.2 Å². The zero-order valence-electron chi connectivity index (χ0n) is 27.4. The molecule has 0 radical (unpaired) electrons. The summed E-state index contributed by atoms with van der Waals surface area (Å²) in [4.78, 5) is 47.7. The molecule has 0 spiro atoms. The van der Waals surface area contributed by atoms with E-state index >= 15 is 0 Å². The molecule has 4 rings (SSSR count). The normalized spacial score (nSPS) is 17.3. The maximum Gasteiger partial charge on any atom is 1.00 e. The van der Waals surface area contributed by atoms with Gasteiger partial charge in [0.1, 0.15) is 11.6 Å². The van der Waals surface area contributed by atoms with Crippen molar-refractivity contribution in [3.05, 3.63) is 12.7 Å². The van der Waals surface area contributed by atoms with Crippen LogP contribution in [-0.2, 0) is 28.7 Å². The van der Waals surface area contributed by atoms with Crippen LogP contribution in [0.1, 0.15) is 93.3 Å². The van der Waals surface area contributed by atoms with Crippen molar-refractivity contribution in [1.82, 2.24) is 9.80 Å². The molecule has 0 aromatic heterocycles. The molecule has 4 aliphatic rings. The summed E-state index contributed by atoms with van der Waals surface area (Å²) in [5.74, 6) is 0.164. The average molecular weight is 594 g/mol. The van der Waals surface area contributed by atoms with Crippen molar-refractivity contribution in [3.8, 4) is 0 Å². The maximum absolute atomic E-state index is 11.2. The number of ketones is 2. The molecule has 10 nitrogen and oxygen atoms in total. The molecule has 11 heteroatoms. The van der Waals surface area contributed by atoms with Gasteiger partial charge in [0, 0.05) is 76.2 Å². The summed E-state index contributed by atoms with van der Waals surface area (Å²) in [6.45, 7) is 14.7. The van der Waals surface area contributed by atoms with Crippen LogP contribution in [-0.4, -0.2) is 103 Å². The fourth-order valence-electron chi connectivity index (χ4n) is 3.56. The molecule has 4 fully saturated rings. The number of Topliss-reactive ketones (excluding diaryl/α,β-unsaturated/α-hetero) is 2. The van der Waals surface area contributed by atoms with E-state index in [1.54, 1.807) is 20.8 Å². The van der Waals surface area contributed by atoms with Crippen molar-refractivity contribution < 1.29 is 64.7 Å². The number of nitrogens with two attached hydrogens (primary N) is 1. The molecule has 0 amide bonds. The van der Waals surface area contributed by atoms with E-state index in [0.29, 0.717) is 43.9 Å². The Morgan fingerprint density at radius 3 is 1.83 bits per heavy atom. The molecule has 3 aliphatic carbocycles. The number of likely N-dealkylation sites (tertiary alicyclic amines) is 1. The summed E-state index contributed by atoms with van der Waals surface area (Å²) in [6.07, 6.45) is 11.4. The Bertz CT molecular complexity index is 738. The minimum atomic E-state index is -0.359. The molecule has 0 aromatic rings. The van der Waals surface area contributed by atoms with Crippen LogP contribution in [0.2, 0.25) is 0 Å². The maximum atomic E-state index is 11.2. The number of aliphatic hydroxyl groups is 1. The van der Waals surface area contributed by atoms with Gasteiger partial charge >= 0.3 is 41.5 Å². The molecule has 1 heterocycles. The molecule has 234 valence electrons. The van der Waals surface area contributed by atoms with Gasteiger partial charge in [0.15, 0.2) is 0 Å². The first-order valence-electron chi connectivity index (χ1n) is 14.9. The van der Waals surface area contributed by atoms with Crippen molar-refractivity contribution >= 4 is 23.5 Å². The summed E-state index contributed by atoms with van der Waals surface area (Å²) in [7, 11) is 0. The van der Waals surface area contributed by atoms with Gasteiger partial charge < -0.3 is 21.7 Å². The smallest absolute Gasteiger partial charge is 1.00 e. The summed E-state index contributed by atoms with van der Waals surface area (Å²) in [6, 6.07) is 2.03. The third-order valence-electron chi connectivity index (χ3n) is 6.22. The molecule has 3 N–H and O–H groups in total. The molecule has 0 bridgehead atoms. The quantitative estimate of drug-likeness (QED) is 0.193. The topological polar surface area (TPSA) is 139 Å². The SMILES string of the molecule is C=CC(=O)OCC.CCO.CCOC(=O)CCN(CCC(C)=O)C1CC1.NC1CC1.O=C1CCN(C2CC2)CC1.[H-].[Na+]. The van der Waals surface area contributed by atoms with Gasteiger partial charge in [-0.05, 0) is 66.2 Å². The van der Waals surface area contributed by atoms with Gasteiger partial charge in [-0.15, -0.1) is 0 Å². The number of hydrogen-bond acceptors (Lipinski definition) is 10. The number of piperidine rings is 1. The van der Waals surface area contributed by atoms with Crippen LogP contribution in [0, 0.1) is 0 Å². The van der Waals surface area contributed by atoms with E-state index in [0.717, 1.165) is 51.1 Å². The van der Waals surface area contributed by atoms with E-state index in [9.17, 15) is 19.2 Å². The van der Waals surface area contributed by atoms with Gasteiger partial charge in [-0.2, -0.15) is 0 Å². The Balaban J connectivity index is -0.000000502. The molecule has 0 unspecified atom stereocenters. The number of esters is 2. The largest absolute Gasteiger partial charge is 1.00 e. The summed E-state index contributed by atoms with van der Waals surface area (Å²) in [5.41, 5.74) is 5.22. The first-order valence-corrected chi connectivity index (χ1v) is 14.9. The van der Waals surface area contributed by atoms with E-state index in [4.69, 9.17) is 15.6 Å². The Kier molecular flexibility index (Phi) is 27.1. The van der Waals surface area contributed by atoms with Crippen LogP contribution in [0.3, 0.4) is 0 Å².